The first-order chi connectivity index (χ1) is 17.9. The zero-order valence-electron chi connectivity index (χ0n) is 19.9. The number of halogens is 3. The van der Waals surface area contributed by atoms with E-state index in [4.69, 9.17) is 9.72 Å². The summed E-state index contributed by atoms with van der Waals surface area (Å²) in [6, 6.07) is 25.1. The number of aromatic nitrogens is 4. The van der Waals surface area contributed by atoms with Gasteiger partial charge in [0, 0.05) is 29.4 Å². The average Bonchev–Trinajstić information content (AvgIpc) is 3.32. The van der Waals surface area contributed by atoms with Crippen molar-refractivity contribution in [3.63, 3.8) is 0 Å². The van der Waals surface area contributed by atoms with Gasteiger partial charge in [-0.2, -0.15) is 13.2 Å². The lowest BCUT2D eigenvalue weighted by Crippen LogP contribution is -2.08. The Bertz CT molecular complexity index is 1520. The third kappa shape index (κ3) is 5.52. The molecule has 5 aromatic rings. The number of thioether (sulfide) groups is 1. The van der Waals surface area contributed by atoms with Gasteiger partial charge in [0.2, 0.25) is 0 Å². The number of nitrogens with zero attached hydrogens (tertiary/aromatic N) is 4. The number of para-hydroxylation sites is 1. The molecule has 0 atom stereocenters. The smallest absolute Gasteiger partial charge is 0.383 e. The molecule has 0 spiro atoms. The van der Waals surface area contributed by atoms with E-state index in [1.54, 1.807) is 13.2 Å². The number of pyridine rings is 1. The molecule has 5 nitrogen and oxygen atoms in total. The highest BCUT2D eigenvalue weighted by Gasteiger charge is 2.30. The van der Waals surface area contributed by atoms with Crippen LogP contribution in [0, 0.1) is 0 Å². The van der Waals surface area contributed by atoms with Crippen molar-refractivity contribution in [3.05, 3.63) is 96.1 Å². The molecule has 0 bridgehead atoms. The molecule has 0 saturated heterocycles. The van der Waals surface area contributed by atoms with Gasteiger partial charge in [-0.15, -0.1) is 10.2 Å². The van der Waals surface area contributed by atoms with Crippen molar-refractivity contribution in [1.82, 2.24) is 19.7 Å². The predicted molar refractivity (Wildman–Crippen MR) is 139 cm³/mol. The molecular weight excluding hydrogens is 497 g/mol. The number of hydrogen-bond donors (Lipinski definition) is 0. The van der Waals surface area contributed by atoms with Crippen LogP contribution in [-0.4, -0.2) is 33.5 Å². The highest BCUT2D eigenvalue weighted by atomic mass is 32.2. The summed E-state index contributed by atoms with van der Waals surface area (Å²) in [5.74, 6) is 0.973. The maximum absolute atomic E-state index is 13.2. The minimum absolute atomic E-state index is 0.321. The Morgan fingerprint density at radius 2 is 1.68 bits per heavy atom. The summed E-state index contributed by atoms with van der Waals surface area (Å²) in [7, 11) is 1.62. The van der Waals surface area contributed by atoms with Crippen molar-refractivity contribution < 1.29 is 17.9 Å². The molecule has 188 valence electrons. The zero-order valence-corrected chi connectivity index (χ0v) is 20.8. The lowest BCUT2D eigenvalue weighted by molar-refractivity contribution is -0.137. The fourth-order valence-electron chi connectivity index (χ4n) is 4.08. The molecule has 5 rings (SSSR count). The second-order valence-corrected chi connectivity index (χ2v) is 9.32. The van der Waals surface area contributed by atoms with Gasteiger partial charge in [-0.1, -0.05) is 78.5 Å². The van der Waals surface area contributed by atoms with Crippen LogP contribution in [0.25, 0.3) is 33.5 Å². The Morgan fingerprint density at radius 1 is 0.892 bits per heavy atom. The molecular formula is C28H23F3N4OS. The van der Waals surface area contributed by atoms with E-state index >= 15 is 0 Å². The lowest BCUT2D eigenvalue weighted by Gasteiger charge is -2.13. The first kappa shape index (κ1) is 25.0. The van der Waals surface area contributed by atoms with Crippen molar-refractivity contribution >= 4 is 22.7 Å². The van der Waals surface area contributed by atoms with Gasteiger partial charge in [-0.25, -0.2) is 4.98 Å². The summed E-state index contributed by atoms with van der Waals surface area (Å²) in [5.41, 5.74) is 3.40. The predicted octanol–water partition coefficient (Wildman–Crippen LogP) is 7.12. The Morgan fingerprint density at radius 3 is 2.46 bits per heavy atom. The van der Waals surface area contributed by atoms with Gasteiger partial charge in [-0.05, 0) is 23.8 Å². The molecule has 9 heteroatoms. The van der Waals surface area contributed by atoms with Gasteiger partial charge in [0.25, 0.3) is 0 Å². The number of alkyl halides is 3. The molecule has 0 amide bonds. The molecule has 3 aromatic carbocycles. The zero-order chi connectivity index (χ0) is 25.8. The lowest BCUT2D eigenvalue weighted by atomic mass is 10.0. The van der Waals surface area contributed by atoms with Crippen LogP contribution >= 0.6 is 11.8 Å². The van der Waals surface area contributed by atoms with Crippen LogP contribution < -0.4 is 0 Å². The van der Waals surface area contributed by atoms with Crippen LogP contribution in [0.5, 0.6) is 0 Å². The summed E-state index contributed by atoms with van der Waals surface area (Å²) < 4.78 is 46.8. The number of benzene rings is 3. The minimum atomic E-state index is -4.38. The summed E-state index contributed by atoms with van der Waals surface area (Å²) in [6.07, 6.45) is -4.38. The van der Waals surface area contributed by atoms with Crippen LogP contribution in [0.15, 0.2) is 90.1 Å². The van der Waals surface area contributed by atoms with Crippen LogP contribution in [0.2, 0.25) is 0 Å². The van der Waals surface area contributed by atoms with Crippen LogP contribution in [-0.2, 0) is 23.2 Å². The molecule has 37 heavy (non-hydrogen) atoms. The third-order valence-corrected chi connectivity index (χ3v) is 6.92. The molecule has 2 heterocycles. The molecule has 0 aliphatic carbocycles. The molecule has 0 radical (unpaired) electrons. The van der Waals surface area contributed by atoms with Crippen molar-refractivity contribution in [1.29, 1.82) is 0 Å². The number of fused-ring (bicyclic) bond motifs is 1. The topological polar surface area (TPSA) is 52.8 Å². The van der Waals surface area contributed by atoms with Crippen molar-refractivity contribution in [2.75, 3.05) is 13.7 Å². The van der Waals surface area contributed by atoms with E-state index in [1.165, 1.54) is 23.9 Å². The van der Waals surface area contributed by atoms with Crippen LogP contribution in [0.3, 0.4) is 0 Å². The van der Waals surface area contributed by atoms with E-state index in [0.717, 1.165) is 33.8 Å². The summed E-state index contributed by atoms with van der Waals surface area (Å²) in [6.45, 7) is 0.914. The quantitative estimate of drug-likeness (QED) is 0.204. The van der Waals surface area contributed by atoms with Gasteiger partial charge >= 0.3 is 6.18 Å². The van der Waals surface area contributed by atoms with E-state index in [1.807, 2.05) is 65.2 Å². The van der Waals surface area contributed by atoms with Gasteiger partial charge in [0.1, 0.15) is 0 Å². The highest BCUT2D eigenvalue weighted by molar-refractivity contribution is 7.98. The Hall–Kier alpha value is -3.69. The second-order valence-electron chi connectivity index (χ2n) is 8.38. The van der Waals surface area contributed by atoms with Crippen molar-refractivity contribution in [2.45, 2.75) is 23.6 Å². The standard InChI is InChI=1S/C28H23F3N4OS/c1-36-15-14-35-26(33-34-27(35)37-18-19-8-7-11-21(16-19)28(29,30)31)23-17-25(20-9-3-2-4-10-20)32-24-13-6-5-12-22(23)24/h2-13,16-17H,14-15,18H2,1H3. The van der Waals surface area contributed by atoms with Gasteiger partial charge in [0.05, 0.1) is 29.9 Å². The Labute approximate surface area is 216 Å². The molecule has 0 aliphatic rings. The third-order valence-electron chi connectivity index (χ3n) is 5.88. The van der Waals surface area contributed by atoms with E-state index in [9.17, 15) is 13.2 Å². The average molecular weight is 521 g/mol. The molecule has 2 aromatic heterocycles. The largest absolute Gasteiger partial charge is 0.416 e. The maximum atomic E-state index is 13.2. The summed E-state index contributed by atoms with van der Waals surface area (Å²) in [5, 5.41) is 10.5. The Balaban J connectivity index is 1.55. The van der Waals surface area contributed by atoms with E-state index in [2.05, 4.69) is 10.2 Å². The van der Waals surface area contributed by atoms with E-state index < -0.39 is 11.7 Å². The van der Waals surface area contributed by atoms with Crippen molar-refractivity contribution in [3.8, 4) is 22.6 Å². The monoisotopic (exact) mass is 520 g/mol. The van der Waals surface area contributed by atoms with Crippen LogP contribution in [0.4, 0.5) is 13.2 Å². The molecule has 0 N–H and O–H groups in total. The first-order valence-corrected chi connectivity index (χ1v) is 12.6. The Kier molecular flexibility index (Phi) is 7.25. The minimum Gasteiger partial charge on any atom is -0.383 e. The molecule has 0 saturated carbocycles. The second kappa shape index (κ2) is 10.7. The number of rotatable bonds is 8. The fourth-order valence-corrected chi connectivity index (χ4v) is 4.99. The van der Waals surface area contributed by atoms with Gasteiger partial charge in [0.15, 0.2) is 11.0 Å². The molecule has 0 unspecified atom stereocenters. The summed E-state index contributed by atoms with van der Waals surface area (Å²) >= 11 is 1.34. The highest BCUT2D eigenvalue weighted by Crippen LogP contribution is 2.34. The maximum Gasteiger partial charge on any atom is 0.416 e. The number of methoxy groups -OCH3 is 1. The molecule has 0 fully saturated rings. The first-order valence-electron chi connectivity index (χ1n) is 11.6. The molecule has 0 aliphatic heterocycles. The van der Waals surface area contributed by atoms with Crippen molar-refractivity contribution in [2.24, 2.45) is 0 Å². The number of ether oxygens (including phenoxy) is 1. The van der Waals surface area contributed by atoms with Gasteiger partial charge < -0.3 is 4.74 Å². The SMILES string of the molecule is COCCn1c(SCc2cccc(C(F)(F)F)c2)nnc1-c1cc(-c2ccccc2)nc2ccccc12. The normalized spacial score (nSPS) is 11.8. The number of hydrogen-bond acceptors (Lipinski definition) is 5. The fraction of sp³-hybridized carbons (Fsp3) is 0.179. The van der Waals surface area contributed by atoms with E-state index in [0.29, 0.717) is 35.4 Å². The summed E-state index contributed by atoms with van der Waals surface area (Å²) in [4.78, 5) is 4.86. The van der Waals surface area contributed by atoms with Crippen LogP contribution in [0.1, 0.15) is 11.1 Å². The van der Waals surface area contributed by atoms with E-state index in [-0.39, 0.29) is 0 Å². The van der Waals surface area contributed by atoms with Gasteiger partial charge in [-0.3, -0.25) is 4.57 Å².